The average Bonchev–Trinajstić information content (AvgIpc) is 2.86. The highest BCUT2D eigenvalue weighted by molar-refractivity contribution is 5.87. The van der Waals surface area contributed by atoms with Gasteiger partial charge >= 0.3 is 0 Å². The molecule has 0 aliphatic carbocycles. The first-order chi connectivity index (χ1) is 10.8. The average molecular weight is 301 g/mol. The number of benzene rings is 1. The standard InChI is InChI=1S/C19H31N3/c1-3-5-6-7-8-9-10-15-22-17-14-11-13-16(20)19(17)21-18(22)12-4-2/h11,13-14H,3-10,12,15,20H2,1-2H3. The Morgan fingerprint density at radius 1 is 0.955 bits per heavy atom. The Bertz CT molecular complexity index is 571. The second-order valence-corrected chi connectivity index (χ2v) is 6.27. The fourth-order valence-corrected chi connectivity index (χ4v) is 3.11. The highest BCUT2D eigenvalue weighted by Crippen LogP contribution is 2.23. The molecule has 0 amide bonds. The second-order valence-electron chi connectivity index (χ2n) is 6.27. The Hall–Kier alpha value is -1.51. The number of fused-ring (bicyclic) bond motifs is 1. The highest BCUT2D eigenvalue weighted by atomic mass is 15.1. The van der Waals surface area contributed by atoms with Crippen LogP contribution in [0.3, 0.4) is 0 Å². The molecule has 122 valence electrons. The lowest BCUT2D eigenvalue weighted by atomic mass is 10.1. The monoisotopic (exact) mass is 301 g/mol. The molecular weight excluding hydrogens is 270 g/mol. The van der Waals surface area contributed by atoms with E-state index in [9.17, 15) is 0 Å². The summed E-state index contributed by atoms with van der Waals surface area (Å²) in [6, 6.07) is 6.14. The number of para-hydroxylation sites is 1. The van der Waals surface area contributed by atoms with Crippen LogP contribution >= 0.6 is 0 Å². The van der Waals surface area contributed by atoms with E-state index >= 15 is 0 Å². The quantitative estimate of drug-likeness (QED) is 0.476. The van der Waals surface area contributed by atoms with Gasteiger partial charge in [0.1, 0.15) is 11.3 Å². The summed E-state index contributed by atoms with van der Waals surface area (Å²) in [5.74, 6) is 1.20. The molecular formula is C19H31N3. The Labute approximate surface area is 134 Å². The topological polar surface area (TPSA) is 43.8 Å². The summed E-state index contributed by atoms with van der Waals surface area (Å²) < 4.78 is 2.39. The zero-order valence-electron chi connectivity index (χ0n) is 14.3. The van der Waals surface area contributed by atoms with Gasteiger partial charge in [0.15, 0.2) is 0 Å². The van der Waals surface area contributed by atoms with Gasteiger partial charge in [0.2, 0.25) is 0 Å². The normalized spacial score (nSPS) is 11.4. The lowest BCUT2D eigenvalue weighted by Crippen LogP contribution is -2.04. The SMILES string of the molecule is CCCCCCCCCn1c(CCC)nc2c(N)cccc21. The van der Waals surface area contributed by atoms with Crippen LogP contribution in [0.5, 0.6) is 0 Å². The molecule has 1 aromatic carbocycles. The minimum atomic E-state index is 0.799. The fourth-order valence-electron chi connectivity index (χ4n) is 3.11. The first-order valence-electron chi connectivity index (χ1n) is 9.01. The molecule has 0 unspecified atom stereocenters. The second kappa shape index (κ2) is 8.82. The first-order valence-corrected chi connectivity index (χ1v) is 9.01. The largest absolute Gasteiger partial charge is 0.397 e. The van der Waals surface area contributed by atoms with Crippen molar-refractivity contribution in [3.63, 3.8) is 0 Å². The van der Waals surface area contributed by atoms with Crippen molar-refractivity contribution in [2.45, 2.75) is 78.2 Å². The van der Waals surface area contributed by atoms with E-state index in [2.05, 4.69) is 24.5 Å². The van der Waals surface area contributed by atoms with E-state index in [1.54, 1.807) is 0 Å². The van der Waals surface area contributed by atoms with E-state index in [4.69, 9.17) is 10.7 Å². The Kier molecular flexibility index (Phi) is 6.75. The number of aromatic nitrogens is 2. The van der Waals surface area contributed by atoms with Gasteiger partial charge in [-0.2, -0.15) is 0 Å². The van der Waals surface area contributed by atoms with Crippen LogP contribution in [0, 0.1) is 0 Å². The number of rotatable bonds is 10. The minimum Gasteiger partial charge on any atom is -0.397 e. The summed E-state index contributed by atoms with van der Waals surface area (Å²) >= 11 is 0. The van der Waals surface area contributed by atoms with Gasteiger partial charge in [-0.15, -0.1) is 0 Å². The summed E-state index contributed by atoms with van der Waals surface area (Å²) in [5.41, 5.74) is 9.06. The summed E-state index contributed by atoms with van der Waals surface area (Å²) in [5, 5.41) is 0. The lowest BCUT2D eigenvalue weighted by molar-refractivity contribution is 0.544. The Morgan fingerprint density at radius 3 is 2.41 bits per heavy atom. The predicted molar refractivity (Wildman–Crippen MR) is 96.1 cm³/mol. The first kappa shape index (κ1) is 16.9. The van der Waals surface area contributed by atoms with Crippen LogP contribution in [0.4, 0.5) is 5.69 Å². The van der Waals surface area contributed by atoms with Crippen molar-refractivity contribution in [2.24, 2.45) is 0 Å². The van der Waals surface area contributed by atoms with Crippen molar-refractivity contribution in [3.8, 4) is 0 Å². The third kappa shape index (κ3) is 4.25. The summed E-state index contributed by atoms with van der Waals surface area (Å²) in [7, 11) is 0. The molecule has 0 spiro atoms. The van der Waals surface area contributed by atoms with E-state index in [1.807, 2.05) is 12.1 Å². The van der Waals surface area contributed by atoms with Gasteiger partial charge in [-0.1, -0.05) is 58.4 Å². The molecule has 2 rings (SSSR count). The molecule has 0 saturated carbocycles. The van der Waals surface area contributed by atoms with Crippen molar-refractivity contribution in [1.82, 2.24) is 9.55 Å². The summed E-state index contributed by atoms with van der Waals surface area (Å²) in [4.78, 5) is 4.78. The van der Waals surface area contributed by atoms with Crippen LogP contribution in [0.1, 0.15) is 71.0 Å². The highest BCUT2D eigenvalue weighted by Gasteiger charge is 2.11. The molecule has 3 heteroatoms. The number of nitrogens with two attached hydrogens (primary N) is 1. The smallest absolute Gasteiger partial charge is 0.112 e. The van der Waals surface area contributed by atoms with Gasteiger partial charge in [0, 0.05) is 13.0 Å². The molecule has 22 heavy (non-hydrogen) atoms. The molecule has 0 bridgehead atoms. The molecule has 0 atom stereocenters. The fraction of sp³-hybridized carbons (Fsp3) is 0.632. The van der Waals surface area contributed by atoms with Crippen molar-refractivity contribution >= 4 is 16.7 Å². The number of nitrogen functional groups attached to an aromatic ring is 1. The van der Waals surface area contributed by atoms with E-state index in [1.165, 1.54) is 56.3 Å². The maximum atomic E-state index is 6.08. The minimum absolute atomic E-state index is 0.799. The summed E-state index contributed by atoms with van der Waals surface area (Å²) in [6.45, 7) is 5.55. The lowest BCUT2D eigenvalue weighted by Gasteiger charge is -2.09. The van der Waals surface area contributed by atoms with E-state index < -0.39 is 0 Å². The van der Waals surface area contributed by atoms with Crippen LogP contribution in [0.15, 0.2) is 18.2 Å². The maximum Gasteiger partial charge on any atom is 0.112 e. The molecule has 0 aliphatic heterocycles. The predicted octanol–water partition coefficient (Wildman–Crippen LogP) is 5.32. The number of hydrogen-bond donors (Lipinski definition) is 1. The van der Waals surface area contributed by atoms with Crippen molar-refractivity contribution in [3.05, 3.63) is 24.0 Å². The molecule has 1 aromatic heterocycles. The van der Waals surface area contributed by atoms with E-state index in [0.717, 1.165) is 30.6 Å². The molecule has 1 heterocycles. The van der Waals surface area contributed by atoms with Gasteiger partial charge < -0.3 is 10.3 Å². The van der Waals surface area contributed by atoms with Gasteiger partial charge in [-0.05, 0) is 25.0 Å². The van der Waals surface area contributed by atoms with E-state index in [0.29, 0.717) is 0 Å². The third-order valence-electron chi connectivity index (χ3n) is 4.35. The molecule has 3 nitrogen and oxygen atoms in total. The molecule has 2 aromatic rings. The van der Waals surface area contributed by atoms with Crippen molar-refractivity contribution in [2.75, 3.05) is 5.73 Å². The number of aryl methyl sites for hydroxylation is 2. The third-order valence-corrected chi connectivity index (χ3v) is 4.35. The van der Waals surface area contributed by atoms with Crippen LogP contribution in [0.25, 0.3) is 11.0 Å². The van der Waals surface area contributed by atoms with Crippen LogP contribution in [-0.2, 0) is 13.0 Å². The number of anilines is 1. The van der Waals surface area contributed by atoms with Crippen molar-refractivity contribution < 1.29 is 0 Å². The van der Waals surface area contributed by atoms with Gasteiger partial charge in [0.05, 0.1) is 11.2 Å². The van der Waals surface area contributed by atoms with Crippen LogP contribution in [0.2, 0.25) is 0 Å². The number of imidazole rings is 1. The molecule has 0 fully saturated rings. The number of hydrogen-bond acceptors (Lipinski definition) is 2. The van der Waals surface area contributed by atoms with Crippen LogP contribution in [-0.4, -0.2) is 9.55 Å². The summed E-state index contributed by atoms with van der Waals surface area (Å²) in [6.07, 6.45) is 11.5. The van der Waals surface area contributed by atoms with Crippen molar-refractivity contribution in [1.29, 1.82) is 0 Å². The zero-order chi connectivity index (χ0) is 15.8. The molecule has 0 saturated heterocycles. The Balaban J connectivity index is 1.97. The molecule has 0 radical (unpaired) electrons. The van der Waals surface area contributed by atoms with Gasteiger partial charge in [0.25, 0.3) is 0 Å². The van der Waals surface area contributed by atoms with Gasteiger partial charge in [-0.3, -0.25) is 0 Å². The maximum absolute atomic E-state index is 6.08. The zero-order valence-corrected chi connectivity index (χ0v) is 14.3. The number of unbranched alkanes of at least 4 members (excludes halogenated alkanes) is 6. The molecule has 2 N–H and O–H groups in total. The molecule has 0 aliphatic rings. The van der Waals surface area contributed by atoms with Crippen LogP contribution < -0.4 is 5.73 Å². The Morgan fingerprint density at radius 2 is 1.68 bits per heavy atom. The van der Waals surface area contributed by atoms with E-state index in [-0.39, 0.29) is 0 Å². The van der Waals surface area contributed by atoms with Gasteiger partial charge in [-0.25, -0.2) is 4.98 Å². The number of nitrogens with zero attached hydrogens (tertiary/aromatic N) is 2.